The SMILES string of the molecule is CCOC[C@H]1O[C@@H](OC(C)=O)[C@H](OC(C)=O)[C@@H](OC(C)=O)[C@@H]1OC(C)=O. The Labute approximate surface area is 151 Å². The molecule has 1 rings (SSSR count). The van der Waals surface area contributed by atoms with E-state index in [-0.39, 0.29) is 6.61 Å². The molecule has 26 heavy (non-hydrogen) atoms. The second kappa shape index (κ2) is 10.1. The van der Waals surface area contributed by atoms with Crippen molar-refractivity contribution < 1.29 is 47.6 Å². The maximum absolute atomic E-state index is 11.5. The first kappa shape index (κ1) is 21.8. The monoisotopic (exact) mass is 376 g/mol. The summed E-state index contributed by atoms with van der Waals surface area (Å²) in [5.41, 5.74) is 0. The summed E-state index contributed by atoms with van der Waals surface area (Å²) in [6, 6.07) is 0. The maximum atomic E-state index is 11.5. The molecule has 5 atom stereocenters. The van der Waals surface area contributed by atoms with Gasteiger partial charge in [-0.3, -0.25) is 19.2 Å². The highest BCUT2D eigenvalue weighted by Gasteiger charge is 2.53. The predicted octanol–water partition coefficient (Wildman–Crippen LogP) is 0.106. The third kappa shape index (κ3) is 6.60. The fraction of sp³-hybridized carbons (Fsp3) is 0.750. The largest absolute Gasteiger partial charge is 0.456 e. The Balaban J connectivity index is 3.25. The molecule has 0 saturated carbocycles. The van der Waals surface area contributed by atoms with Crippen molar-refractivity contribution >= 4 is 23.9 Å². The number of carbonyl (C=O) groups is 4. The Morgan fingerprint density at radius 1 is 0.731 bits per heavy atom. The average Bonchev–Trinajstić information content (AvgIpc) is 2.49. The molecular weight excluding hydrogens is 352 g/mol. The number of hydrogen-bond acceptors (Lipinski definition) is 10. The topological polar surface area (TPSA) is 124 Å². The average molecular weight is 376 g/mol. The molecule has 0 spiro atoms. The van der Waals surface area contributed by atoms with Gasteiger partial charge in [0, 0.05) is 34.3 Å². The molecule has 0 bridgehead atoms. The summed E-state index contributed by atoms with van der Waals surface area (Å²) < 4.78 is 31.6. The minimum absolute atomic E-state index is 0.0310. The van der Waals surface area contributed by atoms with Crippen LogP contribution in [0.4, 0.5) is 0 Å². The molecule has 10 heteroatoms. The first-order chi connectivity index (χ1) is 12.1. The lowest BCUT2D eigenvalue weighted by atomic mass is 9.98. The predicted molar refractivity (Wildman–Crippen MR) is 83.6 cm³/mol. The highest BCUT2D eigenvalue weighted by atomic mass is 16.7. The van der Waals surface area contributed by atoms with E-state index in [4.69, 9.17) is 28.4 Å². The van der Waals surface area contributed by atoms with Crippen molar-refractivity contribution in [2.75, 3.05) is 13.2 Å². The van der Waals surface area contributed by atoms with Crippen LogP contribution >= 0.6 is 0 Å². The lowest BCUT2D eigenvalue weighted by Gasteiger charge is -2.43. The molecule has 0 radical (unpaired) electrons. The van der Waals surface area contributed by atoms with E-state index in [1.165, 1.54) is 6.92 Å². The standard InChI is InChI=1S/C16H24O10/c1-6-21-7-12-13(22-8(2)17)14(23-9(3)18)15(24-10(4)19)16(26-12)25-11(5)20/h12-16H,6-7H2,1-5H3/t12-,13-,14+,15-,16-/m1/s1. The van der Waals surface area contributed by atoms with Crippen LogP contribution in [0.2, 0.25) is 0 Å². The number of esters is 4. The molecule has 0 N–H and O–H groups in total. The molecule has 1 heterocycles. The first-order valence-corrected chi connectivity index (χ1v) is 8.07. The van der Waals surface area contributed by atoms with Crippen LogP contribution in [0.3, 0.4) is 0 Å². The molecule has 0 aromatic heterocycles. The van der Waals surface area contributed by atoms with Gasteiger partial charge in [0.2, 0.25) is 12.4 Å². The number of ether oxygens (including phenoxy) is 6. The Morgan fingerprint density at radius 3 is 1.65 bits per heavy atom. The van der Waals surface area contributed by atoms with E-state index >= 15 is 0 Å². The van der Waals surface area contributed by atoms with Gasteiger partial charge in [0.25, 0.3) is 0 Å². The lowest BCUT2D eigenvalue weighted by molar-refractivity contribution is -0.301. The molecule has 148 valence electrons. The summed E-state index contributed by atoms with van der Waals surface area (Å²) in [5.74, 6) is -2.79. The van der Waals surface area contributed by atoms with Crippen molar-refractivity contribution in [3.05, 3.63) is 0 Å². The van der Waals surface area contributed by atoms with Crippen molar-refractivity contribution in [1.29, 1.82) is 0 Å². The van der Waals surface area contributed by atoms with Gasteiger partial charge in [-0.05, 0) is 6.92 Å². The minimum atomic E-state index is -1.36. The van der Waals surface area contributed by atoms with Crippen molar-refractivity contribution in [3.63, 3.8) is 0 Å². The fourth-order valence-corrected chi connectivity index (χ4v) is 2.48. The van der Waals surface area contributed by atoms with E-state index in [2.05, 4.69) is 0 Å². The Bertz CT molecular complexity index is 531. The summed E-state index contributed by atoms with van der Waals surface area (Å²) in [7, 11) is 0. The number of rotatable bonds is 7. The second-order valence-electron chi connectivity index (χ2n) is 5.53. The van der Waals surface area contributed by atoms with E-state index in [0.29, 0.717) is 6.61 Å². The van der Waals surface area contributed by atoms with E-state index in [0.717, 1.165) is 20.8 Å². The molecule has 0 unspecified atom stereocenters. The zero-order chi connectivity index (χ0) is 19.9. The molecule has 0 amide bonds. The van der Waals surface area contributed by atoms with Crippen LogP contribution in [-0.2, 0) is 47.6 Å². The van der Waals surface area contributed by atoms with Gasteiger partial charge >= 0.3 is 23.9 Å². The van der Waals surface area contributed by atoms with Gasteiger partial charge in [0.15, 0.2) is 12.2 Å². The molecule has 1 aliphatic heterocycles. The van der Waals surface area contributed by atoms with Gasteiger partial charge in [-0.15, -0.1) is 0 Å². The van der Waals surface area contributed by atoms with E-state index in [1.54, 1.807) is 6.92 Å². The highest BCUT2D eigenvalue weighted by molar-refractivity contribution is 5.69. The van der Waals surface area contributed by atoms with Gasteiger partial charge in [0.05, 0.1) is 6.61 Å². The van der Waals surface area contributed by atoms with Gasteiger partial charge < -0.3 is 28.4 Å². The maximum Gasteiger partial charge on any atom is 0.305 e. The highest BCUT2D eigenvalue weighted by Crippen LogP contribution is 2.29. The van der Waals surface area contributed by atoms with Crippen LogP contribution < -0.4 is 0 Å². The third-order valence-corrected chi connectivity index (χ3v) is 3.27. The lowest BCUT2D eigenvalue weighted by Crippen LogP contribution is -2.63. The van der Waals surface area contributed by atoms with Crippen molar-refractivity contribution in [1.82, 2.24) is 0 Å². The molecule has 1 aliphatic rings. The summed E-state index contributed by atoms with van der Waals surface area (Å²) >= 11 is 0. The van der Waals surface area contributed by atoms with Crippen molar-refractivity contribution in [2.24, 2.45) is 0 Å². The molecule has 0 aromatic rings. The van der Waals surface area contributed by atoms with Crippen molar-refractivity contribution in [3.8, 4) is 0 Å². The third-order valence-electron chi connectivity index (χ3n) is 3.27. The van der Waals surface area contributed by atoms with Gasteiger partial charge in [-0.1, -0.05) is 0 Å². The number of hydrogen-bond donors (Lipinski definition) is 0. The zero-order valence-corrected chi connectivity index (χ0v) is 15.4. The smallest absolute Gasteiger partial charge is 0.305 e. The number of carbonyl (C=O) groups excluding carboxylic acids is 4. The Hall–Kier alpha value is -2.20. The fourth-order valence-electron chi connectivity index (χ4n) is 2.48. The van der Waals surface area contributed by atoms with Crippen LogP contribution in [0.1, 0.15) is 34.6 Å². The quantitative estimate of drug-likeness (QED) is 0.446. The summed E-state index contributed by atoms with van der Waals surface area (Å²) in [6.45, 7) is 6.64. The van der Waals surface area contributed by atoms with Gasteiger partial charge in [0.1, 0.15) is 6.10 Å². The normalized spacial score (nSPS) is 28.0. The summed E-state index contributed by atoms with van der Waals surface area (Å²) in [5, 5.41) is 0. The van der Waals surface area contributed by atoms with Crippen LogP contribution in [0, 0.1) is 0 Å². The zero-order valence-electron chi connectivity index (χ0n) is 15.4. The van der Waals surface area contributed by atoms with Crippen LogP contribution in [-0.4, -0.2) is 67.8 Å². The van der Waals surface area contributed by atoms with E-state index < -0.39 is 54.6 Å². The first-order valence-electron chi connectivity index (χ1n) is 8.07. The van der Waals surface area contributed by atoms with E-state index in [9.17, 15) is 19.2 Å². The molecule has 0 aliphatic carbocycles. The van der Waals surface area contributed by atoms with Gasteiger partial charge in [-0.25, -0.2) is 0 Å². The molecular formula is C16H24O10. The van der Waals surface area contributed by atoms with Crippen LogP contribution in [0.25, 0.3) is 0 Å². The molecule has 10 nitrogen and oxygen atoms in total. The Kier molecular flexibility index (Phi) is 8.46. The Morgan fingerprint density at radius 2 is 1.19 bits per heavy atom. The second-order valence-corrected chi connectivity index (χ2v) is 5.53. The summed E-state index contributed by atoms with van der Waals surface area (Å²) in [4.78, 5) is 45.9. The molecule has 0 aromatic carbocycles. The summed E-state index contributed by atoms with van der Waals surface area (Å²) in [6.07, 6.45) is -5.97. The molecule has 1 saturated heterocycles. The minimum Gasteiger partial charge on any atom is -0.456 e. The van der Waals surface area contributed by atoms with E-state index in [1.807, 2.05) is 0 Å². The van der Waals surface area contributed by atoms with Crippen LogP contribution in [0.15, 0.2) is 0 Å². The molecule has 1 fully saturated rings. The van der Waals surface area contributed by atoms with Crippen LogP contribution in [0.5, 0.6) is 0 Å². The van der Waals surface area contributed by atoms with Crippen molar-refractivity contribution in [2.45, 2.75) is 65.3 Å². The van der Waals surface area contributed by atoms with Gasteiger partial charge in [-0.2, -0.15) is 0 Å².